The number of hydrogen-bond donors (Lipinski definition) is 1. The van der Waals surface area contributed by atoms with Gasteiger partial charge in [0.25, 0.3) is 0 Å². The quantitative estimate of drug-likeness (QED) is 0.631. The van der Waals surface area contributed by atoms with Crippen molar-refractivity contribution in [3.05, 3.63) is 12.3 Å². The van der Waals surface area contributed by atoms with E-state index in [4.69, 9.17) is 0 Å². The summed E-state index contributed by atoms with van der Waals surface area (Å²) in [6, 6.07) is 1.95. The van der Waals surface area contributed by atoms with Crippen LogP contribution < -0.4 is 5.32 Å². The number of anilines is 1. The number of hydrogen-bond acceptors (Lipinski definition) is 4. The van der Waals surface area contributed by atoms with Gasteiger partial charge in [0.15, 0.2) is 0 Å². The predicted molar refractivity (Wildman–Crippen MR) is 66.4 cm³/mol. The number of rotatable bonds is 4. The summed E-state index contributed by atoms with van der Waals surface area (Å²) in [5.74, 6) is 0.728. The van der Waals surface area contributed by atoms with E-state index in [-0.39, 0.29) is 4.75 Å². The molecule has 84 valence electrons. The zero-order chi connectivity index (χ0) is 11.3. The Morgan fingerprint density at radius 1 is 1.40 bits per heavy atom. The first-order valence-corrected chi connectivity index (χ1v) is 6.09. The van der Waals surface area contributed by atoms with Crippen LogP contribution in [0.3, 0.4) is 0 Å². The Morgan fingerprint density at radius 3 is 2.73 bits per heavy atom. The first-order valence-electron chi connectivity index (χ1n) is 5.27. The normalized spacial score (nSPS) is 11.5. The van der Waals surface area contributed by atoms with E-state index >= 15 is 0 Å². The largest absolute Gasteiger partial charge is 0.354 e. The van der Waals surface area contributed by atoms with Crippen LogP contribution in [0.4, 0.5) is 5.95 Å². The van der Waals surface area contributed by atoms with Gasteiger partial charge in [0.05, 0.1) is 0 Å². The molecule has 0 saturated carbocycles. The zero-order valence-corrected chi connectivity index (χ0v) is 10.7. The lowest BCUT2D eigenvalue weighted by molar-refractivity contribution is 0.798. The highest BCUT2D eigenvalue weighted by Crippen LogP contribution is 2.30. The van der Waals surface area contributed by atoms with E-state index in [1.54, 1.807) is 18.0 Å². The van der Waals surface area contributed by atoms with E-state index in [1.807, 2.05) is 6.07 Å². The molecule has 3 nitrogen and oxygen atoms in total. The molecule has 0 unspecified atom stereocenters. The molecule has 1 rings (SSSR count). The molecule has 0 aliphatic carbocycles. The molecular weight excluding hydrogens is 206 g/mol. The smallest absolute Gasteiger partial charge is 0.223 e. The lowest BCUT2D eigenvalue weighted by Crippen LogP contribution is -2.09. The van der Waals surface area contributed by atoms with Gasteiger partial charge in [-0.3, -0.25) is 0 Å². The van der Waals surface area contributed by atoms with Crippen molar-refractivity contribution in [2.45, 2.75) is 43.9 Å². The minimum absolute atomic E-state index is 0.191. The molecule has 0 aliphatic heterocycles. The number of nitrogens with one attached hydrogen (secondary N) is 1. The van der Waals surface area contributed by atoms with Gasteiger partial charge in [0.2, 0.25) is 5.95 Å². The van der Waals surface area contributed by atoms with E-state index in [9.17, 15) is 0 Å². The summed E-state index contributed by atoms with van der Waals surface area (Å²) in [5, 5.41) is 4.21. The number of nitrogens with zero attached hydrogens (tertiary/aromatic N) is 2. The van der Waals surface area contributed by atoms with Gasteiger partial charge in [0.1, 0.15) is 5.03 Å². The maximum Gasteiger partial charge on any atom is 0.223 e. The first kappa shape index (κ1) is 12.3. The van der Waals surface area contributed by atoms with Gasteiger partial charge in [-0.2, -0.15) is 0 Å². The average molecular weight is 225 g/mol. The molecule has 0 aliphatic rings. The van der Waals surface area contributed by atoms with Crippen LogP contribution in [-0.2, 0) is 0 Å². The van der Waals surface area contributed by atoms with Gasteiger partial charge in [-0.25, -0.2) is 9.97 Å². The summed E-state index contributed by atoms with van der Waals surface area (Å²) < 4.78 is 0.191. The highest BCUT2D eigenvalue weighted by atomic mass is 32.2. The van der Waals surface area contributed by atoms with Crippen LogP contribution in [0.15, 0.2) is 17.3 Å². The Hall–Kier alpha value is -0.770. The van der Waals surface area contributed by atoms with E-state index in [2.05, 4.69) is 43.0 Å². The van der Waals surface area contributed by atoms with Crippen molar-refractivity contribution in [3.63, 3.8) is 0 Å². The van der Waals surface area contributed by atoms with Crippen molar-refractivity contribution in [2.75, 3.05) is 11.9 Å². The standard InChI is InChI=1S/C11H19N3S/c1-5-7-12-10-13-8-6-9(14-10)15-11(2,3)4/h6,8H,5,7H2,1-4H3,(H,12,13,14). The van der Waals surface area contributed by atoms with Crippen LogP contribution in [-0.4, -0.2) is 21.3 Å². The van der Waals surface area contributed by atoms with Crippen LogP contribution in [0, 0.1) is 0 Å². The van der Waals surface area contributed by atoms with Crippen molar-refractivity contribution < 1.29 is 0 Å². The summed E-state index contributed by atoms with van der Waals surface area (Å²) in [4.78, 5) is 8.61. The van der Waals surface area contributed by atoms with Crippen LogP contribution in [0.2, 0.25) is 0 Å². The topological polar surface area (TPSA) is 37.8 Å². The molecule has 4 heteroatoms. The highest BCUT2D eigenvalue weighted by Gasteiger charge is 2.13. The zero-order valence-electron chi connectivity index (χ0n) is 9.87. The fraction of sp³-hybridized carbons (Fsp3) is 0.636. The molecule has 0 spiro atoms. The lowest BCUT2D eigenvalue weighted by atomic mass is 10.3. The Morgan fingerprint density at radius 2 is 2.13 bits per heavy atom. The molecule has 0 saturated heterocycles. The van der Waals surface area contributed by atoms with Crippen LogP contribution in [0.5, 0.6) is 0 Å². The molecule has 0 aromatic carbocycles. The van der Waals surface area contributed by atoms with Gasteiger partial charge in [-0.05, 0) is 12.5 Å². The van der Waals surface area contributed by atoms with Gasteiger partial charge >= 0.3 is 0 Å². The van der Waals surface area contributed by atoms with Gasteiger partial charge < -0.3 is 5.32 Å². The van der Waals surface area contributed by atoms with Crippen molar-refractivity contribution in [2.24, 2.45) is 0 Å². The molecule has 1 heterocycles. The third-order valence-electron chi connectivity index (χ3n) is 1.57. The summed E-state index contributed by atoms with van der Waals surface area (Å²) in [6.45, 7) is 9.58. The Balaban J connectivity index is 2.66. The van der Waals surface area contributed by atoms with Crippen LogP contribution in [0.25, 0.3) is 0 Å². The monoisotopic (exact) mass is 225 g/mol. The number of aromatic nitrogens is 2. The molecule has 0 atom stereocenters. The molecule has 0 bridgehead atoms. The molecular formula is C11H19N3S. The molecule has 1 N–H and O–H groups in total. The molecule has 1 aromatic heterocycles. The van der Waals surface area contributed by atoms with Gasteiger partial charge in [-0.15, -0.1) is 11.8 Å². The fourth-order valence-electron chi connectivity index (χ4n) is 1.03. The molecule has 0 amide bonds. The first-order chi connectivity index (χ1) is 7.01. The second-order valence-electron chi connectivity index (χ2n) is 4.36. The minimum Gasteiger partial charge on any atom is -0.354 e. The third-order valence-corrected chi connectivity index (χ3v) is 2.62. The molecule has 0 radical (unpaired) electrons. The molecule has 0 fully saturated rings. The van der Waals surface area contributed by atoms with Gasteiger partial charge in [-0.1, -0.05) is 27.7 Å². The van der Waals surface area contributed by atoms with Crippen molar-refractivity contribution >= 4 is 17.7 Å². The van der Waals surface area contributed by atoms with Crippen molar-refractivity contribution in [1.29, 1.82) is 0 Å². The van der Waals surface area contributed by atoms with Gasteiger partial charge in [0, 0.05) is 17.5 Å². The SMILES string of the molecule is CCCNc1nccc(SC(C)(C)C)n1. The maximum absolute atomic E-state index is 4.44. The van der Waals surface area contributed by atoms with E-state index in [0.29, 0.717) is 0 Å². The Labute approximate surface area is 96.1 Å². The fourth-order valence-corrected chi connectivity index (χ4v) is 1.92. The summed E-state index contributed by atoms with van der Waals surface area (Å²) in [6.07, 6.45) is 2.89. The second kappa shape index (κ2) is 5.35. The highest BCUT2D eigenvalue weighted by molar-refractivity contribution is 8.00. The summed E-state index contributed by atoms with van der Waals surface area (Å²) in [7, 11) is 0. The second-order valence-corrected chi connectivity index (χ2v) is 6.21. The summed E-state index contributed by atoms with van der Waals surface area (Å²) >= 11 is 1.76. The van der Waals surface area contributed by atoms with Crippen LogP contribution in [0.1, 0.15) is 34.1 Å². The number of thioether (sulfide) groups is 1. The molecule has 1 aromatic rings. The van der Waals surface area contributed by atoms with Crippen molar-refractivity contribution in [3.8, 4) is 0 Å². The van der Waals surface area contributed by atoms with Crippen LogP contribution >= 0.6 is 11.8 Å². The molecule has 15 heavy (non-hydrogen) atoms. The Kier molecular flexibility index (Phi) is 4.39. The van der Waals surface area contributed by atoms with Crippen molar-refractivity contribution in [1.82, 2.24) is 9.97 Å². The minimum atomic E-state index is 0.191. The third kappa shape index (κ3) is 5.02. The van der Waals surface area contributed by atoms with E-state index in [0.717, 1.165) is 23.9 Å². The van der Waals surface area contributed by atoms with E-state index < -0.39 is 0 Å². The average Bonchev–Trinajstić information content (AvgIpc) is 2.12. The van der Waals surface area contributed by atoms with E-state index in [1.165, 1.54) is 0 Å². The summed E-state index contributed by atoms with van der Waals surface area (Å²) in [5.41, 5.74) is 0. The lowest BCUT2D eigenvalue weighted by Gasteiger charge is -2.16. The maximum atomic E-state index is 4.44. The Bertz CT molecular complexity index is 307. The predicted octanol–water partition coefficient (Wildman–Crippen LogP) is 3.19.